The van der Waals surface area contributed by atoms with Crippen LogP contribution in [0, 0.1) is 6.92 Å². The summed E-state index contributed by atoms with van der Waals surface area (Å²) in [5, 5.41) is 13.1. The van der Waals surface area contributed by atoms with Gasteiger partial charge in [0.25, 0.3) is 0 Å². The van der Waals surface area contributed by atoms with Crippen LogP contribution in [0.4, 0.5) is 5.69 Å². The molecule has 1 aliphatic heterocycles. The standard InChI is InChI=1S/C15H25N3O/c1-13-4-5-14(12-15(13)19)16-6-9-18(3)10-7-17(2)8-11-18/h4-5,12,16H,6-11H2,1-3H3/p+1. The number of hydrogen-bond donors (Lipinski definition) is 2. The molecule has 1 heterocycles. The Morgan fingerprint density at radius 1 is 1.32 bits per heavy atom. The molecule has 4 nitrogen and oxygen atoms in total. The quantitative estimate of drug-likeness (QED) is 0.809. The number of phenols is 1. The van der Waals surface area contributed by atoms with Crippen LogP contribution in [0.15, 0.2) is 18.2 Å². The highest BCUT2D eigenvalue weighted by molar-refractivity contribution is 5.50. The second kappa shape index (κ2) is 5.80. The van der Waals surface area contributed by atoms with Crippen LogP contribution >= 0.6 is 0 Å². The van der Waals surface area contributed by atoms with Gasteiger partial charge in [0.2, 0.25) is 0 Å². The lowest BCUT2D eigenvalue weighted by molar-refractivity contribution is -0.911. The molecule has 2 N–H and O–H groups in total. The predicted octanol–water partition coefficient (Wildman–Crippen LogP) is 1.50. The number of nitrogens with one attached hydrogen (secondary N) is 1. The van der Waals surface area contributed by atoms with E-state index in [4.69, 9.17) is 0 Å². The van der Waals surface area contributed by atoms with E-state index in [9.17, 15) is 5.11 Å². The fourth-order valence-corrected chi connectivity index (χ4v) is 2.46. The van der Waals surface area contributed by atoms with Crippen molar-refractivity contribution >= 4 is 5.69 Å². The molecular weight excluding hydrogens is 238 g/mol. The zero-order valence-corrected chi connectivity index (χ0v) is 12.3. The Balaban J connectivity index is 1.81. The molecule has 0 atom stereocenters. The van der Waals surface area contributed by atoms with Gasteiger partial charge >= 0.3 is 0 Å². The fourth-order valence-electron chi connectivity index (χ4n) is 2.46. The molecule has 106 valence electrons. The second-order valence-electron chi connectivity index (χ2n) is 6.02. The summed E-state index contributed by atoms with van der Waals surface area (Å²) >= 11 is 0. The molecule has 1 fully saturated rings. The van der Waals surface area contributed by atoms with Gasteiger partial charge in [-0.05, 0) is 25.6 Å². The molecule has 4 heteroatoms. The third kappa shape index (κ3) is 3.85. The van der Waals surface area contributed by atoms with Crippen LogP contribution < -0.4 is 5.32 Å². The van der Waals surface area contributed by atoms with Crippen molar-refractivity contribution in [1.29, 1.82) is 0 Å². The number of aromatic hydroxyl groups is 1. The maximum atomic E-state index is 9.68. The lowest BCUT2D eigenvalue weighted by Crippen LogP contribution is -2.57. The van der Waals surface area contributed by atoms with Gasteiger partial charge in [0.15, 0.2) is 0 Å². The molecule has 2 rings (SSSR count). The number of phenolic OH excluding ortho intramolecular Hbond substituents is 1. The van der Waals surface area contributed by atoms with E-state index in [2.05, 4.69) is 24.3 Å². The first-order valence-corrected chi connectivity index (χ1v) is 7.04. The minimum atomic E-state index is 0.366. The molecule has 0 saturated carbocycles. The summed E-state index contributed by atoms with van der Waals surface area (Å²) < 4.78 is 1.13. The van der Waals surface area contributed by atoms with Crippen molar-refractivity contribution in [2.45, 2.75) is 6.92 Å². The number of nitrogens with zero attached hydrogens (tertiary/aromatic N) is 2. The molecule has 1 aromatic carbocycles. The van der Waals surface area contributed by atoms with Crippen molar-refractivity contribution in [3.63, 3.8) is 0 Å². The maximum absolute atomic E-state index is 9.68. The largest absolute Gasteiger partial charge is 0.508 e. The van der Waals surface area contributed by atoms with Crippen molar-refractivity contribution in [2.24, 2.45) is 0 Å². The Bertz CT molecular complexity index is 425. The second-order valence-corrected chi connectivity index (χ2v) is 6.02. The molecule has 0 aromatic heterocycles. The van der Waals surface area contributed by atoms with E-state index in [0.29, 0.717) is 5.75 Å². The number of hydrogen-bond acceptors (Lipinski definition) is 3. The number of quaternary nitrogens is 1. The van der Waals surface area contributed by atoms with Crippen LogP contribution in [0.25, 0.3) is 0 Å². The van der Waals surface area contributed by atoms with Crippen molar-refractivity contribution in [3.8, 4) is 5.75 Å². The Labute approximate surface area is 116 Å². The first-order chi connectivity index (χ1) is 8.98. The minimum absolute atomic E-state index is 0.366. The van der Waals surface area contributed by atoms with Crippen molar-refractivity contribution < 1.29 is 9.59 Å². The first-order valence-electron chi connectivity index (χ1n) is 7.04. The topological polar surface area (TPSA) is 35.5 Å². The van der Waals surface area contributed by atoms with Crippen LogP contribution in [-0.4, -0.2) is 67.9 Å². The zero-order valence-electron chi connectivity index (χ0n) is 12.3. The van der Waals surface area contributed by atoms with Gasteiger partial charge in [-0.1, -0.05) is 6.07 Å². The Morgan fingerprint density at radius 3 is 2.63 bits per heavy atom. The lowest BCUT2D eigenvalue weighted by Gasteiger charge is -2.41. The van der Waals surface area contributed by atoms with Gasteiger partial charge in [-0.3, -0.25) is 4.90 Å². The van der Waals surface area contributed by atoms with Gasteiger partial charge in [-0.2, -0.15) is 0 Å². The summed E-state index contributed by atoms with van der Waals surface area (Å²) in [5.41, 5.74) is 1.92. The highest BCUT2D eigenvalue weighted by Gasteiger charge is 2.26. The first kappa shape index (κ1) is 14.2. The SMILES string of the molecule is Cc1ccc(NCC[N+]2(C)CCN(C)CC2)cc1O. The average molecular weight is 264 g/mol. The summed E-state index contributed by atoms with van der Waals surface area (Å²) in [5.74, 6) is 0.366. The molecule has 0 spiro atoms. The number of aryl methyl sites for hydroxylation is 1. The Hall–Kier alpha value is -1.26. The van der Waals surface area contributed by atoms with Crippen LogP contribution in [-0.2, 0) is 0 Å². The van der Waals surface area contributed by atoms with E-state index < -0.39 is 0 Å². The van der Waals surface area contributed by atoms with Gasteiger partial charge in [0, 0.05) is 24.8 Å². The van der Waals surface area contributed by atoms with E-state index >= 15 is 0 Å². The van der Waals surface area contributed by atoms with E-state index in [1.54, 1.807) is 6.07 Å². The third-order valence-corrected chi connectivity index (χ3v) is 4.23. The van der Waals surface area contributed by atoms with Gasteiger partial charge in [-0.15, -0.1) is 0 Å². The molecule has 0 aliphatic carbocycles. The third-order valence-electron chi connectivity index (χ3n) is 4.23. The normalized spacial score (nSPS) is 19.3. The fraction of sp³-hybridized carbons (Fsp3) is 0.600. The highest BCUT2D eigenvalue weighted by atomic mass is 16.3. The van der Waals surface area contributed by atoms with Gasteiger partial charge < -0.3 is 14.9 Å². The minimum Gasteiger partial charge on any atom is -0.508 e. The Morgan fingerprint density at radius 2 is 2.00 bits per heavy atom. The summed E-state index contributed by atoms with van der Waals surface area (Å²) in [7, 11) is 4.53. The summed E-state index contributed by atoms with van der Waals surface area (Å²) in [6.07, 6.45) is 0. The molecule has 1 saturated heterocycles. The van der Waals surface area contributed by atoms with Crippen LogP contribution in [0.3, 0.4) is 0 Å². The van der Waals surface area contributed by atoms with Gasteiger partial charge in [0.1, 0.15) is 5.75 Å². The van der Waals surface area contributed by atoms with E-state index in [1.165, 1.54) is 26.2 Å². The monoisotopic (exact) mass is 264 g/mol. The molecular formula is C15H26N3O+. The molecule has 19 heavy (non-hydrogen) atoms. The number of anilines is 1. The van der Waals surface area contributed by atoms with E-state index in [0.717, 1.165) is 28.8 Å². The van der Waals surface area contributed by atoms with Crippen molar-refractivity contribution in [2.75, 3.05) is 58.7 Å². The van der Waals surface area contributed by atoms with Crippen LogP contribution in [0.1, 0.15) is 5.56 Å². The van der Waals surface area contributed by atoms with Gasteiger partial charge in [-0.25, -0.2) is 0 Å². The molecule has 0 amide bonds. The smallest absolute Gasteiger partial charge is 0.120 e. The van der Waals surface area contributed by atoms with E-state index in [1.807, 2.05) is 19.1 Å². The summed E-state index contributed by atoms with van der Waals surface area (Å²) in [6.45, 7) is 8.79. The van der Waals surface area contributed by atoms with Gasteiger partial charge in [0.05, 0.1) is 33.2 Å². The summed E-state index contributed by atoms with van der Waals surface area (Å²) in [4.78, 5) is 2.39. The number of rotatable bonds is 4. The van der Waals surface area contributed by atoms with Crippen molar-refractivity contribution in [3.05, 3.63) is 23.8 Å². The van der Waals surface area contributed by atoms with Crippen LogP contribution in [0.2, 0.25) is 0 Å². The summed E-state index contributed by atoms with van der Waals surface area (Å²) in [6, 6.07) is 5.78. The predicted molar refractivity (Wildman–Crippen MR) is 79.6 cm³/mol. The highest BCUT2D eigenvalue weighted by Crippen LogP contribution is 2.20. The molecule has 0 unspecified atom stereocenters. The van der Waals surface area contributed by atoms with Crippen LogP contribution in [0.5, 0.6) is 5.75 Å². The number of benzene rings is 1. The molecule has 1 aliphatic rings. The number of likely N-dealkylation sites (N-methyl/N-ethyl adjacent to an activating group) is 2. The average Bonchev–Trinajstić information content (AvgIpc) is 2.38. The maximum Gasteiger partial charge on any atom is 0.120 e. The molecule has 0 radical (unpaired) electrons. The van der Waals surface area contributed by atoms with E-state index in [-0.39, 0.29) is 0 Å². The number of piperazine rings is 1. The van der Waals surface area contributed by atoms with Crippen molar-refractivity contribution in [1.82, 2.24) is 4.90 Å². The molecule has 1 aromatic rings. The molecule has 0 bridgehead atoms. The zero-order chi connectivity index (χ0) is 13.9. The lowest BCUT2D eigenvalue weighted by atomic mass is 10.2. The Kier molecular flexibility index (Phi) is 4.32.